The molecule has 0 saturated heterocycles. The molecule has 8 heteroatoms. The minimum absolute atomic E-state index is 0.273. The number of anilines is 1. The van der Waals surface area contributed by atoms with Crippen LogP contribution in [-0.4, -0.2) is 23.5 Å². The molecule has 0 saturated carbocycles. The van der Waals surface area contributed by atoms with Crippen LogP contribution in [0.5, 0.6) is 0 Å². The highest BCUT2D eigenvalue weighted by molar-refractivity contribution is 7.16. The third kappa shape index (κ3) is 4.26. The molecule has 0 aliphatic heterocycles. The van der Waals surface area contributed by atoms with Crippen LogP contribution in [-0.2, 0) is 27.2 Å². The number of aromatic nitrogens is 1. The summed E-state index contributed by atoms with van der Waals surface area (Å²) < 4.78 is 10.5. The van der Waals surface area contributed by atoms with E-state index in [2.05, 4.69) is 23.3 Å². The Morgan fingerprint density at radius 2 is 2.27 bits per heavy atom. The number of esters is 1. The maximum Gasteiger partial charge on any atom is 0.331 e. The molecule has 7 nitrogen and oxygen atoms in total. The lowest BCUT2D eigenvalue weighted by Crippen LogP contribution is -2.20. The summed E-state index contributed by atoms with van der Waals surface area (Å²) >= 11 is 1.43. The first-order valence-corrected chi connectivity index (χ1v) is 10.4. The molecule has 0 bridgehead atoms. The van der Waals surface area contributed by atoms with Crippen molar-refractivity contribution in [2.24, 2.45) is 5.92 Å². The number of hydrogen-bond acceptors (Lipinski definition) is 7. The van der Waals surface area contributed by atoms with Gasteiger partial charge in [0.05, 0.1) is 5.56 Å². The van der Waals surface area contributed by atoms with Crippen LogP contribution in [0.15, 0.2) is 34.8 Å². The van der Waals surface area contributed by atoms with Crippen molar-refractivity contribution in [3.63, 3.8) is 0 Å². The van der Waals surface area contributed by atoms with Crippen LogP contribution < -0.4 is 5.32 Å². The Kier molecular flexibility index (Phi) is 5.63. The predicted octanol–water partition coefficient (Wildman–Crippen LogP) is 4.08. The number of fused-ring (bicyclic) bond motifs is 2. The predicted molar refractivity (Wildman–Crippen MR) is 113 cm³/mol. The third-order valence-corrected chi connectivity index (χ3v) is 6.06. The van der Waals surface area contributed by atoms with Gasteiger partial charge < -0.3 is 14.5 Å². The normalized spacial score (nSPS) is 15.7. The van der Waals surface area contributed by atoms with Gasteiger partial charge in [-0.05, 0) is 42.9 Å². The van der Waals surface area contributed by atoms with Crippen LogP contribution in [0.1, 0.15) is 35.2 Å². The van der Waals surface area contributed by atoms with Crippen LogP contribution in [0.25, 0.3) is 17.2 Å². The van der Waals surface area contributed by atoms with Crippen molar-refractivity contribution in [3.8, 4) is 6.07 Å². The van der Waals surface area contributed by atoms with Crippen LogP contribution in [0.2, 0.25) is 0 Å². The summed E-state index contributed by atoms with van der Waals surface area (Å²) in [5, 5.41) is 12.7. The monoisotopic (exact) mass is 421 g/mol. The summed E-state index contributed by atoms with van der Waals surface area (Å²) in [5.41, 5.74) is 2.86. The number of thiophene rings is 1. The summed E-state index contributed by atoms with van der Waals surface area (Å²) in [6, 6.07) is 9.45. The lowest BCUT2D eigenvalue weighted by Gasteiger charge is -2.17. The molecule has 1 amide bonds. The van der Waals surface area contributed by atoms with Gasteiger partial charge in [-0.15, -0.1) is 11.3 Å². The maximum atomic E-state index is 12.2. The number of ether oxygens (including phenoxy) is 1. The fourth-order valence-electron chi connectivity index (χ4n) is 3.41. The van der Waals surface area contributed by atoms with Gasteiger partial charge in [0.15, 0.2) is 12.2 Å². The van der Waals surface area contributed by atoms with Crippen molar-refractivity contribution < 1.29 is 18.7 Å². The lowest BCUT2D eigenvalue weighted by molar-refractivity contribution is -0.142. The Labute approximate surface area is 177 Å². The SMILES string of the molecule is CC1CCc2c(sc(NC(=O)COC(=O)/C=C/c3nc4ccccc4o3)c2C#N)C1. The van der Waals surface area contributed by atoms with E-state index in [0.29, 0.717) is 27.6 Å². The summed E-state index contributed by atoms with van der Waals surface area (Å²) in [6.45, 7) is 1.74. The second-order valence-corrected chi connectivity index (χ2v) is 8.28. The van der Waals surface area contributed by atoms with Crippen molar-refractivity contribution in [2.75, 3.05) is 11.9 Å². The Balaban J connectivity index is 1.33. The number of para-hydroxylation sites is 2. The number of nitrogens with one attached hydrogen (secondary N) is 1. The average Bonchev–Trinajstić information content (AvgIpc) is 3.30. The van der Waals surface area contributed by atoms with Crippen molar-refractivity contribution in [3.05, 3.63) is 52.2 Å². The van der Waals surface area contributed by atoms with E-state index >= 15 is 0 Å². The number of carbonyl (C=O) groups is 2. The summed E-state index contributed by atoms with van der Waals surface area (Å²) in [7, 11) is 0. The molecular formula is C22H19N3O4S. The highest BCUT2D eigenvalue weighted by atomic mass is 32.1. The van der Waals surface area contributed by atoms with E-state index in [1.54, 1.807) is 12.1 Å². The Morgan fingerprint density at radius 1 is 1.43 bits per heavy atom. The third-order valence-electron chi connectivity index (χ3n) is 4.89. The van der Waals surface area contributed by atoms with Gasteiger partial charge in [0.25, 0.3) is 5.91 Å². The van der Waals surface area contributed by atoms with Gasteiger partial charge in [0, 0.05) is 17.0 Å². The van der Waals surface area contributed by atoms with Crippen LogP contribution in [0.4, 0.5) is 5.00 Å². The second kappa shape index (κ2) is 8.51. The molecule has 30 heavy (non-hydrogen) atoms. The molecule has 2 heterocycles. The maximum absolute atomic E-state index is 12.2. The molecule has 0 spiro atoms. The average molecular weight is 421 g/mol. The number of carbonyl (C=O) groups excluding carboxylic acids is 2. The molecule has 4 rings (SSSR count). The van der Waals surface area contributed by atoms with E-state index in [0.717, 1.165) is 35.8 Å². The zero-order chi connectivity index (χ0) is 21.1. The van der Waals surface area contributed by atoms with Gasteiger partial charge in [-0.2, -0.15) is 5.26 Å². The Morgan fingerprint density at radius 3 is 3.07 bits per heavy atom. The fourth-order valence-corrected chi connectivity index (χ4v) is 4.78. The van der Waals surface area contributed by atoms with Gasteiger partial charge in [-0.3, -0.25) is 4.79 Å². The zero-order valence-corrected chi connectivity index (χ0v) is 17.1. The molecule has 1 aromatic carbocycles. The smallest absolute Gasteiger partial charge is 0.331 e. The van der Waals surface area contributed by atoms with Crippen LogP contribution in [0, 0.1) is 17.2 Å². The van der Waals surface area contributed by atoms with Crippen molar-refractivity contribution in [1.29, 1.82) is 5.26 Å². The first-order chi connectivity index (χ1) is 14.5. The number of nitriles is 1. The van der Waals surface area contributed by atoms with Gasteiger partial charge in [0.2, 0.25) is 5.89 Å². The minimum Gasteiger partial charge on any atom is -0.452 e. The summed E-state index contributed by atoms with van der Waals surface area (Å²) in [4.78, 5) is 29.5. The molecule has 152 valence electrons. The van der Waals surface area contributed by atoms with E-state index in [1.807, 2.05) is 12.1 Å². The molecule has 0 radical (unpaired) electrons. The number of hydrogen-bond donors (Lipinski definition) is 1. The molecule has 2 aromatic heterocycles. The molecule has 3 aromatic rings. The summed E-state index contributed by atoms with van der Waals surface area (Å²) in [5.74, 6) is -0.330. The first-order valence-electron chi connectivity index (χ1n) is 9.58. The van der Waals surface area contributed by atoms with Gasteiger partial charge >= 0.3 is 5.97 Å². The quantitative estimate of drug-likeness (QED) is 0.492. The van der Waals surface area contributed by atoms with E-state index in [-0.39, 0.29) is 5.89 Å². The van der Waals surface area contributed by atoms with Gasteiger partial charge in [-0.25, -0.2) is 9.78 Å². The fraction of sp³-hybridized carbons (Fsp3) is 0.273. The highest BCUT2D eigenvalue weighted by Crippen LogP contribution is 2.39. The van der Waals surface area contributed by atoms with E-state index in [9.17, 15) is 14.9 Å². The van der Waals surface area contributed by atoms with Gasteiger partial charge in [0.1, 0.15) is 16.6 Å². The molecule has 1 aliphatic rings. The van der Waals surface area contributed by atoms with E-state index in [4.69, 9.17) is 9.15 Å². The Hall–Kier alpha value is -3.44. The van der Waals surface area contributed by atoms with Crippen LogP contribution in [0.3, 0.4) is 0 Å². The summed E-state index contributed by atoms with van der Waals surface area (Å²) in [6.07, 6.45) is 5.35. The lowest BCUT2D eigenvalue weighted by atomic mass is 9.89. The highest BCUT2D eigenvalue weighted by Gasteiger charge is 2.24. The molecule has 1 unspecified atom stereocenters. The number of benzene rings is 1. The van der Waals surface area contributed by atoms with Crippen LogP contribution >= 0.6 is 11.3 Å². The number of amides is 1. The topological polar surface area (TPSA) is 105 Å². The van der Waals surface area contributed by atoms with Crippen molar-refractivity contribution in [2.45, 2.75) is 26.2 Å². The number of oxazole rings is 1. The minimum atomic E-state index is -0.688. The molecule has 0 fully saturated rings. The van der Waals surface area contributed by atoms with Crippen molar-refractivity contribution >= 4 is 45.4 Å². The largest absolute Gasteiger partial charge is 0.452 e. The molecule has 1 aliphatic carbocycles. The second-order valence-electron chi connectivity index (χ2n) is 7.18. The molecule has 1 N–H and O–H groups in total. The Bertz CT molecular complexity index is 1150. The standard InChI is InChI=1S/C22H19N3O4S/c1-13-6-7-14-15(11-23)22(30-18(14)10-13)25-19(26)12-28-21(27)9-8-20-24-16-4-2-3-5-17(16)29-20/h2-5,8-9,13H,6-7,10,12H2,1H3,(H,25,26)/b9-8+. The molecular weight excluding hydrogens is 402 g/mol. The van der Waals surface area contributed by atoms with E-state index in [1.165, 1.54) is 17.4 Å². The van der Waals surface area contributed by atoms with E-state index < -0.39 is 18.5 Å². The number of nitrogens with zero attached hydrogens (tertiary/aromatic N) is 2. The van der Waals surface area contributed by atoms with Gasteiger partial charge in [-0.1, -0.05) is 19.1 Å². The number of rotatable bonds is 5. The zero-order valence-electron chi connectivity index (χ0n) is 16.3. The first kappa shape index (κ1) is 19.9. The molecule has 1 atom stereocenters. The van der Waals surface area contributed by atoms with Crippen molar-refractivity contribution in [1.82, 2.24) is 4.98 Å².